The third kappa shape index (κ3) is 13.7. The number of hydrogen-bond donors (Lipinski definition) is 8. The van der Waals surface area contributed by atoms with Crippen molar-refractivity contribution >= 4 is 77.6 Å². The topological polar surface area (TPSA) is 342 Å². The summed E-state index contributed by atoms with van der Waals surface area (Å²) in [4.78, 5) is 58.1. The predicted octanol–water partition coefficient (Wildman–Crippen LogP) is 13.4. The van der Waals surface area contributed by atoms with Gasteiger partial charge in [-0.15, -0.1) is 0 Å². The van der Waals surface area contributed by atoms with E-state index in [1.807, 2.05) is 107 Å². The van der Waals surface area contributed by atoms with Crippen molar-refractivity contribution in [2.24, 2.45) is 5.73 Å². The van der Waals surface area contributed by atoms with E-state index in [1.54, 1.807) is 50.9 Å². The van der Waals surface area contributed by atoms with Gasteiger partial charge in [-0.2, -0.15) is 0 Å². The van der Waals surface area contributed by atoms with Crippen molar-refractivity contribution in [1.82, 2.24) is 55.5 Å². The van der Waals surface area contributed by atoms with Crippen LogP contribution in [0.15, 0.2) is 185 Å². The summed E-state index contributed by atoms with van der Waals surface area (Å²) in [5, 5.41) is 53.2. The molecule has 0 aliphatic rings. The molecule has 0 saturated carbocycles. The van der Waals surface area contributed by atoms with E-state index in [0.717, 1.165) is 44.3 Å². The standard InChI is InChI=1S/C30H27FN6O5.C26H18FN5O4.C23H25NO2/c1-14-25(15(2)42-37-14)21-11-23-20(12-24(21)41-3)26-27(18-7-9-32-22-5-4-16(31)10-19(18)22)35-29(36-28(26)34-23)30(40)33-8-6-17(39)13-38;1-11-21(12(2)36-32-11)17-9-19-16(10-20(17)35-3)22-23(30-25(26(33)34)31-24(22)29-19)14-6-7-28-18-5-4-13(27)8-15(14)18;24-17-16-22(25)18-26-23(19-10-4-1-5-11-19,20-12-6-2-7-13-20)21-14-8-3-9-15-21/h4-5,7,9-12,17,38-39H,6,8,13H2,1-3H3,(H,33,40)(H,34,35,36);4-10H,1-3H3,(H,33,34)(H,29,30,31);1-15,22,25H,16-18,24H2/t17-;;22-/m0.0/s1. The molecule has 1 amide bonds. The molecule has 0 radical (unpaired) electrons. The van der Waals surface area contributed by atoms with Crippen LogP contribution < -0.4 is 20.5 Å². The molecule has 8 aromatic heterocycles. The Kier molecular flexibility index (Phi) is 20.3. The number of ether oxygens (including phenoxy) is 3. The number of carboxylic acids is 1. The minimum absolute atomic E-state index is 0.103. The van der Waals surface area contributed by atoms with Gasteiger partial charge in [0.15, 0.2) is 0 Å². The number of pyridine rings is 2. The van der Waals surface area contributed by atoms with Crippen molar-refractivity contribution in [2.75, 3.05) is 40.5 Å². The molecule has 0 spiro atoms. The Morgan fingerprint density at radius 1 is 0.567 bits per heavy atom. The van der Waals surface area contributed by atoms with Crippen LogP contribution in [-0.4, -0.2) is 135 Å². The highest BCUT2D eigenvalue weighted by Gasteiger charge is 2.38. The van der Waals surface area contributed by atoms with Crippen molar-refractivity contribution < 1.29 is 62.1 Å². The number of amides is 1. The minimum Gasteiger partial charge on any atom is -0.496 e. The number of aryl methyl sites for hydroxylation is 4. The largest absolute Gasteiger partial charge is 0.496 e. The average molecular weight is 1400 g/mol. The number of benzene rings is 7. The highest BCUT2D eigenvalue weighted by atomic mass is 19.1. The van der Waals surface area contributed by atoms with Crippen LogP contribution in [0.4, 0.5) is 8.78 Å². The van der Waals surface area contributed by atoms with Crippen LogP contribution >= 0.6 is 0 Å². The van der Waals surface area contributed by atoms with Gasteiger partial charge in [-0.1, -0.05) is 101 Å². The molecule has 2 atom stereocenters. The number of H-pyrrole nitrogens is 2. The van der Waals surface area contributed by atoms with Gasteiger partial charge in [0, 0.05) is 73.8 Å². The van der Waals surface area contributed by atoms with E-state index in [9.17, 15) is 33.7 Å². The van der Waals surface area contributed by atoms with Gasteiger partial charge >= 0.3 is 5.97 Å². The molecule has 0 fully saturated rings. The predicted molar refractivity (Wildman–Crippen MR) is 389 cm³/mol. The Bertz CT molecular complexity index is 5540. The summed E-state index contributed by atoms with van der Waals surface area (Å²) in [5.41, 5.74) is 17.5. The second-order valence-corrected chi connectivity index (χ2v) is 24.6. The number of carboxylic acid groups (broad SMARTS) is 1. The van der Waals surface area contributed by atoms with E-state index in [1.165, 1.54) is 24.3 Å². The second-order valence-electron chi connectivity index (χ2n) is 24.6. The van der Waals surface area contributed by atoms with Crippen LogP contribution in [-0.2, 0) is 10.3 Å². The molecule has 0 aliphatic carbocycles. The molecule has 9 N–H and O–H groups in total. The summed E-state index contributed by atoms with van der Waals surface area (Å²) in [6.07, 6.45) is 2.28. The maximum atomic E-state index is 14.4. The lowest BCUT2D eigenvalue weighted by Crippen LogP contribution is -2.36. The Morgan fingerprint density at radius 3 is 1.43 bits per heavy atom. The summed E-state index contributed by atoms with van der Waals surface area (Å²) in [5.74, 6) is -0.828. The molecule has 0 saturated heterocycles. The van der Waals surface area contributed by atoms with Gasteiger partial charge in [0.05, 0.1) is 95.3 Å². The van der Waals surface area contributed by atoms with Crippen LogP contribution in [0.1, 0.15) is 73.7 Å². The van der Waals surface area contributed by atoms with Crippen LogP contribution in [0.25, 0.3) is 110 Å². The molecule has 0 aliphatic heterocycles. The maximum Gasteiger partial charge on any atom is 0.374 e. The van der Waals surface area contributed by atoms with Gasteiger partial charge in [-0.25, -0.2) is 33.5 Å². The van der Waals surface area contributed by atoms with Gasteiger partial charge in [0.2, 0.25) is 11.6 Å². The van der Waals surface area contributed by atoms with Gasteiger partial charge in [0.25, 0.3) is 5.91 Å². The van der Waals surface area contributed by atoms with E-state index >= 15 is 0 Å². The number of nitrogens with one attached hydrogen (secondary N) is 3. The molecule has 0 unspecified atom stereocenters. The summed E-state index contributed by atoms with van der Waals surface area (Å²) >= 11 is 0. The lowest BCUT2D eigenvalue weighted by atomic mass is 9.80. The molecular formula is C79H70F2N12O11. The van der Waals surface area contributed by atoms with Gasteiger partial charge in [-0.05, 0) is 137 Å². The van der Waals surface area contributed by atoms with E-state index in [2.05, 4.69) is 91.9 Å². The van der Waals surface area contributed by atoms with Gasteiger partial charge in [-0.3, -0.25) is 14.8 Å². The number of carbonyl (C=O) groups excluding carboxylic acids is 1. The highest BCUT2D eigenvalue weighted by Crippen LogP contribution is 2.46. The minimum atomic E-state index is -1.28. The fraction of sp³-hybridized carbons (Fsp3) is 0.190. The lowest BCUT2D eigenvalue weighted by Gasteiger charge is -2.36. The van der Waals surface area contributed by atoms with Crippen LogP contribution in [0.3, 0.4) is 0 Å². The molecule has 23 nitrogen and oxygen atoms in total. The van der Waals surface area contributed by atoms with Gasteiger partial charge < -0.3 is 64.7 Å². The fourth-order valence-electron chi connectivity index (χ4n) is 13.1. The van der Waals surface area contributed by atoms with E-state index in [4.69, 9.17) is 34.1 Å². The number of aromatic amines is 2. The molecule has 15 rings (SSSR count). The first kappa shape index (κ1) is 70.2. The van der Waals surface area contributed by atoms with Gasteiger partial charge in [0.1, 0.15) is 51.5 Å². The summed E-state index contributed by atoms with van der Waals surface area (Å²) in [7, 11) is 3.14. The number of methoxy groups -OCH3 is 2. The maximum absolute atomic E-state index is 14.4. The third-order valence-corrected chi connectivity index (χ3v) is 18.0. The molecule has 526 valence electrons. The zero-order chi connectivity index (χ0) is 72.9. The molecular weight excluding hydrogens is 1330 g/mol. The number of carbonyl (C=O) groups is 2. The van der Waals surface area contributed by atoms with Crippen molar-refractivity contribution in [1.29, 1.82) is 0 Å². The number of fused-ring (bicyclic) bond motifs is 8. The lowest BCUT2D eigenvalue weighted by molar-refractivity contribution is -0.0392. The van der Waals surface area contributed by atoms with E-state index < -0.39 is 47.9 Å². The monoisotopic (exact) mass is 1400 g/mol. The Balaban J connectivity index is 0.000000143. The van der Waals surface area contributed by atoms with Crippen molar-refractivity contribution in [3.05, 3.63) is 239 Å². The highest BCUT2D eigenvalue weighted by molar-refractivity contribution is 6.18. The van der Waals surface area contributed by atoms with E-state index in [-0.39, 0.29) is 31.2 Å². The number of rotatable bonds is 20. The zero-order valence-corrected chi connectivity index (χ0v) is 57.2. The normalized spacial score (nSPS) is 12.2. The van der Waals surface area contributed by atoms with Crippen molar-refractivity contribution in [2.45, 2.75) is 58.3 Å². The zero-order valence-electron chi connectivity index (χ0n) is 57.2. The fourth-order valence-corrected chi connectivity index (χ4v) is 13.1. The first-order valence-electron chi connectivity index (χ1n) is 33.2. The van der Waals surface area contributed by atoms with Crippen molar-refractivity contribution in [3.8, 4) is 56.3 Å². The number of aliphatic hydroxyl groups excluding tert-OH is 3. The summed E-state index contributed by atoms with van der Waals surface area (Å²) < 4.78 is 57.4. The summed E-state index contributed by atoms with van der Waals surface area (Å²) in [6.45, 7) is 7.66. The third-order valence-electron chi connectivity index (χ3n) is 18.0. The number of hydrogen-bond acceptors (Lipinski definition) is 19. The molecule has 0 bridgehead atoms. The summed E-state index contributed by atoms with van der Waals surface area (Å²) in [6, 6.07) is 49.9. The Labute approximate surface area is 592 Å². The van der Waals surface area contributed by atoms with Crippen LogP contribution in [0, 0.1) is 39.3 Å². The molecule has 8 heterocycles. The average Bonchev–Trinajstić information content (AvgIpc) is 1.60. The SMILES string of the molecule is COc1cc2c(cc1-c1c(C)noc1C)[nH]c1nc(C(=O)NCC[C@H](O)CO)nc(-c3ccnc4ccc(F)cc34)c12.COc1cc2c(cc1-c1c(C)noc1C)[nH]c1nc(C(=O)O)nc(-c3ccnc4ccc(F)cc34)c12.NCC[C@H](O)COC(c1ccccc1)(c1ccccc1)c1ccccc1. The quantitative estimate of drug-likeness (QED) is 0.0329. The number of aromatic nitrogens is 10. The number of halogens is 2. The number of nitrogens with two attached hydrogens (primary N) is 1. The van der Waals surface area contributed by atoms with Crippen LogP contribution in [0.2, 0.25) is 0 Å². The Hall–Kier alpha value is -12.3. The molecule has 104 heavy (non-hydrogen) atoms. The van der Waals surface area contributed by atoms with E-state index in [0.29, 0.717) is 130 Å². The first-order chi connectivity index (χ1) is 50.4. The molecule has 7 aromatic carbocycles. The number of aliphatic hydroxyl groups is 3. The van der Waals surface area contributed by atoms with Crippen molar-refractivity contribution in [3.63, 3.8) is 0 Å². The number of aromatic carboxylic acids is 1. The molecule has 15 aromatic rings. The van der Waals surface area contributed by atoms with Crippen LogP contribution in [0.5, 0.6) is 11.5 Å². The smallest absolute Gasteiger partial charge is 0.374 e. The first-order valence-corrected chi connectivity index (χ1v) is 33.2. The second kappa shape index (κ2) is 30.1. The Morgan fingerprint density at radius 2 is 1.02 bits per heavy atom. The number of nitrogens with zero attached hydrogens (tertiary/aromatic N) is 8. The molecule has 25 heteroatoms.